The van der Waals surface area contributed by atoms with Gasteiger partial charge >= 0.3 is 0 Å². The Kier molecular flexibility index (Phi) is 3.34. The maximum absolute atomic E-state index is 13.4. The van der Waals surface area contributed by atoms with E-state index < -0.39 is 11.6 Å². The summed E-state index contributed by atoms with van der Waals surface area (Å²) in [5.41, 5.74) is 7.28. The van der Waals surface area contributed by atoms with E-state index in [9.17, 15) is 8.78 Å². The Morgan fingerprint density at radius 1 is 1.19 bits per heavy atom. The summed E-state index contributed by atoms with van der Waals surface area (Å²) < 4.78 is 26.4. The molecule has 2 rings (SSSR count). The number of allylic oxidation sites excluding steroid dienone is 1. The first-order chi connectivity index (χ1) is 7.66. The number of hydrogen-bond acceptors (Lipinski definition) is 1. The fourth-order valence-electron chi connectivity index (χ4n) is 2.01. The highest BCUT2D eigenvalue weighted by molar-refractivity contribution is 5.53. The maximum atomic E-state index is 13.4. The molecule has 1 saturated carbocycles. The molecule has 1 aromatic rings. The molecule has 0 saturated heterocycles. The molecule has 0 aromatic heterocycles. The van der Waals surface area contributed by atoms with Crippen molar-refractivity contribution in [3.05, 3.63) is 41.0 Å². The highest BCUT2D eigenvalue weighted by Gasteiger charge is 2.13. The minimum atomic E-state index is -0.790. The lowest BCUT2D eigenvalue weighted by molar-refractivity contribution is 0.504. The lowest BCUT2D eigenvalue weighted by atomic mass is 9.90. The molecule has 1 fully saturated rings. The third-order valence-corrected chi connectivity index (χ3v) is 3.01. The minimum absolute atomic E-state index is 0.259. The third kappa shape index (κ3) is 2.47. The van der Waals surface area contributed by atoms with Crippen molar-refractivity contribution in [2.24, 2.45) is 5.73 Å². The number of benzene rings is 1. The number of nitrogens with two attached hydrogens (primary N) is 1. The molecule has 1 nitrogen and oxygen atoms in total. The zero-order valence-corrected chi connectivity index (χ0v) is 9.05. The van der Waals surface area contributed by atoms with E-state index in [2.05, 4.69) is 0 Å². The zero-order valence-electron chi connectivity index (χ0n) is 9.05. The Hall–Kier alpha value is -1.22. The summed E-state index contributed by atoms with van der Waals surface area (Å²) >= 11 is 0. The largest absolute Gasteiger partial charge is 0.328 e. The minimum Gasteiger partial charge on any atom is -0.328 e. The van der Waals surface area contributed by atoms with Crippen molar-refractivity contribution in [3.8, 4) is 0 Å². The maximum Gasteiger partial charge on any atom is 0.166 e. The van der Waals surface area contributed by atoms with Gasteiger partial charge in [0.15, 0.2) is 11.6 Å². The second-order valence-corrected chi connectivity index (χ2v) is 4.28. The molecule has 0 aliphatic heterocycles. The van der Waals surface area contributed by atoms with Crippen LogP contribution < -0.4 is 5.73 Å². The van der Waals surface area contributed by atoms with Gasteiger partial charge in [0.25, 0.3) is 0 Å². The quantitative estimate of drug-likeness (QED) is 0.777. The van der Waals surface area contributed by atoms with Gasteiger partial charge in [-0.3, -0.25) is 0 Å². The van der Waals surface area contributed by atoms with E-state index in [4.69, 9.17) is 5.73 Å². The molecule has 0 atom stereocenters. The topological polar surface area (TPSA) is 26.0 Å². The van der Waals surface area contributed by atoms with E-state index in [-0.39, 0.29) is 6.04 Å². The van der Waals surface area contributed by atoms with Crippen molar-refractivity contribution in [2.45, 2.75) is 31.7 Å². The van der Waals surface area contributed by atoms with Crippen molar-refractivity contribution < 1.29 is 8.78 Å². The molecular weight excluding hydrogens is 208 g/mol. The zero-order chi connectivity index (χ0) is 11.5. The standard InChI is InChI=1S/C13H15F2N/c14-12-3-1-2-10(13(12)15)8-9-4-6-11(16)7-5-9/h1-3,8,11H,4-7,16H2. The summed E-state index contributed by atoms with van der Waals surface area (Å²) in [6.45, 7) is 0. The molecule has 1 aliphatic rings. The van der Waals surface area contributed by atoms with Crippen LogP contribution in [0.5, 0.6) is 0 Å². The molecule has 0 unspecified atom stereocenters. The molecule has 0 bridgehead atoms. The normalized spacial score (nSPS) is 20.9. The van der Waals surface area contributed by atoms with Gasteiger partial charge in [-0.15, -0.1) is 0 Å². The molecule has 2 N–H and O–H groups in total. The Morgan fingerprint density at radius 2 is 1.88 bits per heavy atom. The Bertz CT molecular complexity index is 402. The van der Waals surface area contributed by atoms with E-state index >= 15 is 0 Å². The first-order valence-corrected chi connectivity index (χ1v) is 5.56. The molecule has 86 valence electrons. The van der Waals surface area contributed by atoms with Crippen LogP contribution in [0.25, 0.3) is 6.08 Å². The highest BCUT2D eigenvalue weighted by Crippen LogP contribution is 2.25. The first-order valence-electron chi connectivity index (χ1n) is 5.56. The molecule has 1 aromatic carbocycles. The molecule has 3 heteroatoms. The van der Waals surface area contributed by atoms with Gasteiger partial charge in [0, 0.05) is 11.6 Å². The van der Waals surface area contributed by atoms with Crippen LogP contribution in [0.15, 0.2) is 23.8 Å². The monoisotopic (exact) mass is 223 g/mol. The average molecular weight is 223 g/mol. The van der Waals surface area contributed by atoms with Crippen LogP contribution in [0, 0.1) is 11.6 Å². The van der Waals surface area contributed by atoms with E-state index in [0.29, 0.717) is 5.56 Å². The molecule has 16 heavy (non-hydrogen) atoms. The number of rotatable bonds is 1. The lowest BCUT2D eigenvalue weighted by Crippen LogP contribution is -2.23. The van der Waals surface area contributed by atoms with Gasteiger partial charge in [-0.2, -0.15) is 0 Å². The van der Waals surface area contributed by atoms with Crippen molar-refractivity contribution >= 4 is 6.08 Å². The van der Waals surface area contributed by atoms with Crippen LogP contribution in [-0.4, -0.2) is 6.04 Å². The Balaban J connectivity index is 2.19. The summed E-state index contributed by atoms with van der Waals surface area (Å²) in [7, 11) is 0. The predicted molar refractivity (Wildman–Crippen MR) is 60.8 cm³/mol. The van der Waals surface area contributed by atoms with E-state index in [1.807, 2.05) is 0 Å². The van der Waals surface area contributed by atoms with Gasteiger partial charge < -0.3 is 5.73 Å². The molecular formula is C13H15F2N. The van der Waals surface area contributed by atoms with Crippen molar-refractivity contribution in [1.29, 1.82) is 0 Å². The Labute approximate surface area is 94.0 Å². The fraction of sp³-hybridized carbons (Fsp3) is 0.385. The second-order valence-electron chi connectivity index (χ2n) is 4.28. The van der Waals surface area contributed by atoms with E-state index in [1.54, 1.807) is 12.1 Å². The van der Waals surface area contributed by atoms with Crippen molar-refractivity contribution in [1.82, 2.24) is 0 Å². The number of hydrogen-bond donors (Lipinski definition) is 1. The molecule has 0 radical (unpaired) electrons. The highest BCUT2D eigenvalue weighted by atomic mass is 19.2. The first kappa shape index (κ1) is 11.3. The molecule has 0 spiro atoms. The summed E-state index contributed by atoms with van der Waals surface area (Å²) in [6.07, 6.45) is 5.39. The fourth-order valence-corrected chi connectivity index (χ4v) is 2.01. The van der Waals surface area contributed by atoms with Gasteiger partial charge in [-0.25, -0.2) is 8.78 Å². The molecule has 0 heterocycles. The van der Waals surface area contributed by atoms with Crippen molar-refractivity contribution in [2.75, 3.05) is 0 Å². The van der Waals surface area contributed by atoms with E-state index in [0.717, 1.165) is 37.3 Å². The summed E-state index contributed by atoms with van der Waals surface area (Å²) in [5.74, 6) is -1.55. The van der Waals surface area contributed by atoms with Gasteiger partial charge in [-0.05, 0) is 31.7 Å². The lowest BCUT2D eigenvalue weighted by Gasteiger charge is -2.20. The van der Waals surface area contributed by atoms with Gasteiger partial charge in [0.05, 0.1) is 0 Å². The van der Waals surface area contributed by atoms with E-state index in [1.165, 1.54) is 6.07 Å². The smallest absolute Gasteiger partial charge is 0.166 e. The van der Waals surface area contributed by atoms with Crippen molar-refractivity contribution in [3.63, 3.8) is 0 Å². The molecule has 0 amide bonds. The van der Waals surface area contributed by atoms with Crippen LogP contribution in [-0.2, 0) is 0 Å². The van der Waals surface area contributed by atoms with Crippen LogP contribution in [0.1, 0.15) is 31.2 Å². The molecule has 1 aliphatic carbocycles. The van der Waals surface area contributed by atoms with Crippen LogP contribution in [0.3, 0.4) is 0 Å². The summed E-state index contributed by atoms with van der Waals surface area (Å²) in [6, 6.07) is 4.52. The summed E-state index contributed by atoms with van der Waals surface area (Å²) in [4.78, 5) is 0. The van der Waals surface area contributed by atoms with Gasteiger partial charge in [0.2, 0.25) is 0 Å². The van der Waals surface area contributed by atoms with Crippen LogP contribution in [0.2, 0.25) is 0 Å². The second kappa shape index (κ2) is 4.74. The predicted octanol–water partition coefficient (Wildman–Crippen LogP) is 3.25. The SMILES string of the molecule is NC1CCC(=Cc2cccc(F)c2F)CC1. The van der Waals surface area contributed by atoms with Gasteiger partial charge in [0.1, 0.15) is 0 Å². The van der Waals surface area contributed by atoms with Gasteiger partial charge in [-0.1, -0.05) is 23.8 Å². The Morgan fingerprint density at radius 3 is 2.56 bits per heavy atom. The third-order valence-electron chi connectivity index (χ3n) is 3.01. The average Bonchev–Trinajstić information content (AvgIpc) is 2.28. The number of halogens is 2. The summed E-state index contributed by atoms with van der Waals surface area (Å²) in [5, 5.41) is 0. The van der Waals surface area contributed by atoms with Crippen LogP contribution in [0.4, 0.5) is 8.78 Å². The van der Waals surface area contributed by atoms with Crippen LogP contribution >= 0.6 is 0 Å².